The number of rotatable bonds is 4. The maximum atomic E-state index is 11.4. The Balaban J connectivity index is 2.82. The minimum atomic E-state index is -0.524. The van der Waals surface area contributed by atoms with Gasteiger partial charge >= 0.3 is 5.97 Å². The minimum absolute atomic E-state index is 0.333. The van der Waals surface area contributed by atoms with E-state index in [1.54, 1.807) is 0 Å². The fourth-order valence-electron chi connectivity index (χ4n) is 1.33. The van der Waals surface area contributed by atoms with Gasteiger partial charge in [0, 0.05) is 3.57 Å². The van der Waals surface area contributed by atoms with Gasteiger partial charge in [0.05, 0.1) is 7.11 Å². The highest BCUT2D eigenvalue weighted by molar-refractivity contribution is 14.1. The van der Waals surface area contributed by atoms with E-state index in [9.17, 15) is 4.79 Å². The van der Waals surface area contributed by atoms with Gasteiger partial charge in [0.15, 0.2) is 6.10 Å². The third kappa shape index (κ3) is 3.37. The zero-order chi connectivity index (χ0) is 12.1. The number of esters is 1. The van der Waals surface area contributed by atoms with Crippen LogP contribution in [0.4, 0.5) is 0 Å². The molecular weight excluding hydrogens is 319 g/mol. The van der Waals surface area contributed by atoms with Crippen molar-refractivity contribution in [1.29, 1.82) is 0 Å². The third-order valence-corrected chi connectivity index (χ3v) is 2.91. The van der Waals surface area contributed by atoms with Crippen LogP contribution in [0, 0.1) is 10.5 Å². The summed E-state index contributed by atoms with van der Waals surface area (Å²) in [7, 11) is 1.37. The van der Waals surface area contributed by atoms with Crippen LogP contribution in [0.5, 0.6) is 5.75 Å². The van der Waals surface area contributed by atoms with E-state index in [-0.39, 0.29) is 5.97 Å². The van der Waals surface area contributed by atoms with E-state index in [0.717, 1.165) is 14.9 Å². The normalized spacial score (nSPS) is 12.0. The Hall–Kier alpha value is -0.780. The van der Waals surface area contributed by atoms with Gasteiger partial charge in [0.1, 0.15) is 5.75 Å². The molecule has 1 aromatic rings. The Kier molecular flexibility index (Phi) is 5.05. The molecular formula is C12H15IO3. The van der Waals surface area contributed by atoms with Crippen molar-refractivity contribution in [2.45, 2.75) is 26.4 Å². The van der Waals surface area contributed by atoms with E-state index in [2.05, 4.69) is 27.3 Å². The zero-order valence-electron chi connectivity index (χ0n) is 9.62. The molecule has 0 aliphatic heterocycles. The fraction of sp³-hybridized carbons (Fsp3) is 0.417. The standard InChI is InChI=1S/C12H15IO3/c1-4-10(12(14)15-3)16-11-6-5-9(13)7-8(11)2/h5-7,10H,4H2,1-3H3. The SMILES string of the molecule is CCC(Oc1ccc(I)cc1C)C(=O)OC. The second-order valence-electron chi connectivity index (χ2n) is 3.45. The summed E-state index contributed by atoms with van der Waals surface area (Å²) in [5, 5.41) is 0. The molecule has 1 aromatic carbocycles. The van der Waals surface area contributed by atoms with Crippen molar-refractivity contribution in [1.82, 2.24) is 0 Å². The van der Waals surface area contributed by atoms with Gasteiger partial charge in [0.25, 0.3) is 0 Å². The van der Waals surface area contributed by atoms with Crippen LogP contribution >= 0.6 is 22.6 Å². The minimum Gasteiger partial charge on any atom is -0.478 e. The summed E-state index contributed by atoms with van der Waals surface area (Å²) in [6, 6.07) is 5.84. The fourth-order valence-corrected chi connectivity index (χ4v) is 1.97. The summed E-state index contributed by atoms with van der Waals surface area (Å²) in [6.45, 7) is 3.85. The number of ether oxygens (including phenoxy) is 2. The molecule has 1 unspecified atom stereocenters. The average molecular weight is 334 g/mol. The predicted octanol–water partition coefficient (Wildman–Crippen LogP) is 2.93. The van der Waals surface area contributed by atoms with Gasteiger partial charge in [-0.05, 0) is 59.7 Å². The molecule has 0 heterocycles. The van der Waals surface area contributed by atoms with Crippen molar-refractivity contribution < 1.29 is 14.3 Å². The van der Waals surface area contributed by atoms with E-state index < -0.39 is 6.10 Å². The number of halogens is 1. The number of hydrogen-bond acceptors (Lipinski definition) is 3. The van der Waals surface area contributed by atoms with Crippen LogP contribution in [-0.4, -0.2) is 19.2 Å². The highest BCUT2D eigenvalue weighted by atomic mass is 127. The Morgan fingerprint density at radius 3 is 2.69 bits per heavy atom. The topological polar surface area (TPSA) is 35.5 Å². The second-order valence-corrected chi connectivity index (χ2v) is 4.69. The summed E-state index contributed by atoms with van der Waals surface area (Å²) in [5.41, 5.74) is 1.02. The first-order chi connectivity index (χ1) is 7.58. The lowest BCUT2D eigenvalue weighted by Gasteiger charge is -2.16. The number of aryl methyl sites for hydroxylation is 1. The monoisotopic (exact) mass is 334 g/mol. The smallest absolute Gasteiger partial charge is 0.347 e. The Morgan fingerprint density at radius 1 is 1.50 bits per heavy atom. The first-order valence-corrected chi connectivity index (χ1v) is 6.17. The van der Waals surface area contributed by atoms with E-state index in [1.165, 1.54) is 7.11 Å². The van der Waals surface area contributed by atoms with Gasteiger partial charge in [0.2, 0.25) is 0 Å². The Bertz CT molecular complexity index is 377. The molecule has 4 heteroatoms. The first kappa shape index (κ1) is 13.3. The van der Waals surface area contributed by atoms with Crippen LogP contribution in [0.15, 0.2) is 18.2 Å². The molecule has 0 aliphatic rings. The Morgan fingerprint density at radius 2 is 2.19 bits per heavy atom. The number of carbonyl (C=O) groups excluding carboxylic acids is 1. The first-order valence-electron chi connectivity index (χ1n) is 5.09. The van der Waals surface area contributed by atoms with E-state index in [4.69, 9.17) is 4.74 Å². The van der Waals surface area contributed by atoms with Crippen molar-refractivity contribution in [3.05, 3.63) is 27.3 Å². The predicted molar refractivity (Wildman–Crippen MR) is 70.6 cm³/mol. The highest BCUT2D eigenvalue weighted by Crippen LogP contribution is 2.22. The summed E-state index contributed by atoms with van der Waals surface area (Å²) < 4.78 is 11.4. The molecule has 0 amide bonds. The molecule has 88 valence electrons. The number of hydrogen-bond donors (Lipinski definition) is 0. The van der Waals surface area contributed by atoms with Gasteiger partial charge in [-0.1, -0.05) is 6.92 Å². The third-order valence-electron chi connectivity index (χ3n) is 2.24. The second kappa shape index (κ2) is 6.08. The number of benzene rings is 1. The van der Waals surface area contributed by atoms with Crippen molar-refractivity contribution in [3.8, 4) is 5.75 Å². The molecule has 0 saturated heterocycles. The lowest BCUT2D eigenvalue weighted by Crippen LogP contribution is -2.27. The summed E-state index contributed by atoms with van der Waals surface area (Å²) in [6.07, 6.45) is 0.0710. The molecule has 3 nitrogen and oxygen atoms in total. The van der Waals surface area contributed by atoms with E-state index >= 15 is 0 Å². The van der Waals surface area contributed by atoms with Gasteiger partial charge in [-0.2, -0.15) is 0 Å². The van der Waals surface area contributed by atoms with Crippen molar-refractivity contribution in [2.24, 2.45) is 0 Å². The van der Waals surface area contributed by atoms with E-state index in [1.807, 2.05) is 32.0 Å². The van der Waals surface area contributed by atoms with Crippen LogP contribution in [0.2, 0.25) is 0 Å². The lowest BCUT2D eigenvalue weighted by atomic mass is 10.2. The Labute approximate surface area is 109 Å². The van der Waals surface area contributed by atoms with Gasteiger partial charge in [-0.3, -0.25) is 0 Å². The average Bonchev–Trinajstić information content (AvgIpc) is 2.27. The van der Waals surface area contributed by atoms with Crippen molar-refractivity contribution in [3.63, 3.8) is 0 Å². The molecule has 1 rings (SSSR count). The molecule has 0 radical (unpaired) electrons. The maximum Gasteiger partial charge on any atom is 0.347 e. The van der Waals surface area contributed by atoms with Crippen molar-refractivity contribution >= 4 is 28.6 Å². The van der Waals surface area contributed by atoms with Crippen LogP contribution in [-0.2, 0) is 9.53 Å². The van der Waals surface area contributed by atoms with Gasteiger partial charge < -0.3 is 9.47 Å². The van der Waals surface area contributed by atoms with Crippen molar-refractivity contribution in [2.75, 3.05) is 7.11 Å². The molecule has 0 saturated carbocycles. The number of carbonyl (C=O) groups is 1. The van der Waals surface area contributed by atoms with Crippen LogP contribution in [0.3, 0.4) is 0 Å². The molecule has 16 heavy (non-hydrogen) atoms. The lowest BCUT2D eigenvalue weighted by molar-refractivity contribution is -0.148. The molecule has 0 aromatic heterocycles. The molecule has 1 atom stereocenters. The summed E-state index contributed by atoms with van der Waals surface area (Å²) >= 11 is 2.24. The molecule has 0 aliphatic carbocycles. The largest absolute Gasteiger partial charge is 0.478 e. The summed E-state index contributed by atoms with van der Waals surface area (Å²) in [4.78, 5) is 11.4. The van der Waals surface area contributed by atoms with Gasteiger partial charge in [-0.15, -0.1) is 0 Å². The zero-order valence-corrected chi connectivity index (χ0v) is 11.8. The highest BCUT2D eigenvalue weighted by Gasteiger charge is 2.19. The molecule has 0 fully saturated rings. The number of methoxy groups -OCH3 is 1. The van der Waals surface area contributed by atoms with Crippen LogP contribution < -0.4 is 4.74 Å². The summed E-state index contributed by atoms with van der Waals surface area (Å²) in [5.74, 6) is 0.401. The molecule has 0 spiro atoms. The molecule has 0 N–H and O–H groups in total. The maximum absolute atomic E-state index is 11.4. The van der Waals surface area contributed by atoms with Gasteiger partial charge in [-0.25, -0.2) is 4.79 Å². The van der Waals surface area contributed by atoms with E-state index in [0.29, 0.717) is 6.42 Å². The quantitative estimate of drug-likeness (QED) is 0.627. The van der Waals surface area contributed by atoms with Crippen LogP contribution in [0.25, 0.3) is 0 Å². The molecule has 0 bridgehead atoms. The van der Waals surface area contributed by atoms with Crippen LogP contribution in [0.1, 0.15) is 18.9 Å².